The van der Waals surface area contributed by atoms with E-state index in [2.05, 4.69) is 63.1 Å². The Kier molecular flexibility index (Phi) is 30.9. The van der Waals surface area contributed by atoms with Crippen molar-refractivity contribution < 1.29 is 67.7 Å². The third-order valence-electron chi connectivity index (χ3n) is 16.8. The molecule has 1 fully saturated rings. The number of nitrogens with two attached hydrogens (primary N) is 4. The summed E-state index contributed by atoms with van der Waals surface area (Å²) in [6, 6.07) is 13.4. The zero-order valence-corrected chi connectivity index (χ0v) is 58.9. The highest BCUT2D eigenvalue weighted by molar-refractivity contribution is 6.30. The first-order chi connectivity index (χ1) is 48.9. The van der Waals surface area contributed by atoms with E-state index in [0.717, 1.165) is 10.8 Å². The fourth-order valence-electron chi connectivity index (χ4n) is 11.5. The Morgan fingerprint density at radius 1 is 0.583 bits per heavy atom. The molecule has 103 heavy (non-hydrogen) atoms. The van der Waals surface area contributed by atoms with Crippen LogP contribution in [0.3, 0.4) is 0 Å². The highest BCUT2D eigenvalue weighted by Gasteiger charge is 2.41. The van der Waals surface area contributed by atoms with Gasteiger partial charge in [-0.15, -0.1) is 0 Å². The average Bonchev–Trinajstić information content (AvgIpc) is 1.76. The molecular formula is C71H94ClN17O14. The normalized spacial score (nSPS) is 15.3. The maximum Gasteiger partial charge on any atom is 0.312 e. The van der Waals surface area contributed by atoms with Crippen LogP contribution >= 0.6 is 11.6 Å². The Hall–Kier alpha value is -10.9. The average molecular weight is 1450 g/mol. The van der Waals surface area contributed by atoms with Gasteiger partial charge in [-0.25, -0.2) is 4.79 Å². The molecule has 2 heterocycles. The van der Waals surface area contributed by atoms with Gasteiger partial charge in [0, 0.05) is 69.7 Å². The summed E-state index contributed by atoms with van der Waals surface area (Å²) >= 11 is 6.23. The van der Waals surface area contributed by atoms with E-state index >= 15 is 0 Å². The molecule has 0 bridgehead atoms. The second kappa shape index (κ2) is 39.3. The summed E-state index contributed by atoms with van der Waals surface area (Å²) in [4.78, 5) is 177. The molecule has 5 aromatic rings. The number of rotatable bonds is 37. The summed E-state index contributed by atoms with van der Waals surface area (Å²) in [7, 11) is 0. The van der Waals surface area contributed by atoms with E-state index in [-0.39, 0.29) is 95.6 Å². The number of phenols is 1. The van der Waals surface area contributed by atoms with Crippen LogP contribution in [0.25, 0.3) is 10.8 Å². The predicted molar refractivity (Wildman–Crippen MR) is 383 cm³/mol. The molecule has 0 spiro atoms. The Balaban J connectivity index is 1.27. The van der Waals surface area contributed by atoms with Crippen LogP contribution in [0.5, 0.6) is 5.75 Å². The lowest BCUT2D eigenvalue weighted by molar-refractivity contribution is -0.142. The molecule has 1 saturated heterocycles. The molecule has 10 atom stereocenters. The van der Waals surface area contributed by atoms with Crippen LogP contribution in [0.15, 0.2) is 121 Å². The predicted octanol–water partition coefficient (Wildman–Crippen LogP) is -0.326. The first-order valence-corrected chi connectivity index (χ1v) is 34.1. The number of hydrogen-bond donors (Lipinski definition) is 16. The maximum absolute atomic E-state index is 14.9. The fraction of sp³-hybridized carbons (Fsp3) is 0.437. The molecular weight excluding hydrogens is 1350 g/mol. The molecule has 0 aliphatic carbocycles. The van der Waals surface area contributed by atoms with E-state index in [0.29, 0.717) is 33.7 Å². The van der Waals surface area contributed by atoms with Gasteiger partial charge in [-0.2, -0.15) is 0 Å². The number of aliphatic imine (C=N–C) groups is 1. The summed E-state index contributed by atoms with van der Waals surface area (Å²) in [5, 5.41) is 49.6. The van der Waals surface area contributed by atoms with Gasteiger partial charge in [0.1, 0.15) is 66.2 Å². The van der Waals surface area contributed by atoms with Crippen molar-refractivity contribution >= 4 is 99.3 Å². The third kappa shape index (κ3) is 26.8. The molecule has 0 radical (unpaired) electrons. The molecule has 13 amide bonds. The lowest BCUT2D eigenvalue weighted by atomic mass is 9.87. The summed E-state index contributed by atoms with van der Waals surface area (Å²) in [5.41, 5.74) is 23.2. The number of benzene rings is 4. The summed E-state index contributed by atoms with van der Waals surface area (Å²) in [6.45, 7) is 6.96. The van der Waals surface area contributed by atoms with E-state index in [1.165, 1.54) is 55.4 Å². The van der Waals surface area contributed by atoms with Crippen molar-refractivity contribution in [3.05, 3.63) is 143 Å². The molecule has 1 aromatic heterocycles. The molecule has 4 aromatic carbocycles. The molecule has 32 heteroatoms. The minimum Gasteiger partial charge on any atom is -0.508 e. The Labute approximate surface area is 601 Å². The molecule has 31 nitrogen and oxygen atoms in total. The number of aliphatic hydroxyl groups excluding tert-OH is 1. The van der Waals surface area contributed by atoms with Crippen molar-refractivity contribution in [1.29, 1.82) is 0 Å². The lowest BCUT2D eigenvalue weighted by Gasteiger charge is -2.32. The number of aromatic nitrogens is 1. The topological polar surface area (TPSA) is 498 Å². The number of likely N-dealkylation sites (tertiary alicyclic amines) is 1. The van der Waals surface area contributed by atoms with Crippen LogP contribution in [-0.2, 0) is 78.4 Å². The van der Waals surface area contributed by atoms with Gasteiger partial charge in [-0.1, -0.05) is 105 Å². The number of halogens is 1. The van der Waals surface area contributed by atoms with Gasteiger partial charge in [-0.05, 0) is 121 Å². The number of carbonyl (C=O) groups excluding carboxylic acids is 12. The van der Waals surface area contributed by atoms with E-state index in [9.17, 15) is 67.7 Å². The van der Waals surface area contributed by atoms with Crippen molar-refractivity contribution in [2.75, 3.05) is 26.2 Å². The van der Waals surface area contributed by atoms with Crippen molar-refractivity contribution in [3.63, 3.8) is 0 Å². The minimum atomic E-state index is -1.86. The van der Waals surface area contributed by atoms with Gasteiger partial charge in [0.2, 0.25) is 65.0 Å². The van der Waals surface area contributed by atoms with Crippen molar-refractivity contribution in [1.82, 2.24) is 63.1 Å². The van der Waals surface area contributed by atoms with Gasteiger partial charge >= 0.3 is 6.03 Å². The van der Waals surface area contributed by atoms with Crippen LogP contribution in [0.4, 0.5) is 4.79 Å². The number of aromatic hydroxyl groups is 1. The smallest absolute Gasteiger partial charge is 0.312 e. The Bertz CT molecular complexity index is 3820. The van der Waals surface area contributed by atoms with Gasteiger partial charge in [0.05, 0.1) is 6.61 Å². The highest BCUT2D eigenvalue weighted by Crippen LogP contribution is 2.25. The highest BCUT2D eigenvalue weighted by atomic mass is 35.5. The van der Waals surface area contributed by atoms with E-state index < -0.39 is 143 Å². The van der Waals surface area contributed by atoms with E-state index in [1.807, 2.05) is 42.5 Å². The Morgan fingerprint density at radius 2 is 1.08 bits per heavy atom. The number of nitrogens with one attached hydrogen (secondary N) is 10. The van der Waals surface area contributed by atoms with Crippen molar-refractivity contribution in [2.45, 2.75) is 166 Å². The second-order valence-electron chi connectivity index (χ2n) is 26.5. The number of nitrogens with zero attached hydrogens (tertiary/aromatic N) is 3. The first-order valence-electron chi connectivity index (χ1n) is 33.7. The van der Waals surface area contributed by atoms with E-state index in [1.54, 1.807) is 57.2 Å². The zero-order chi connectivity index (χ0) is 75.5. The molecule has 1 aliphatic heterocycles. The maximum atomic E-state index is 14.9. The molecule has 1 aliphatic rings. The van der Waals surface area contributed by atoms with Crippen LogP contribution in [0, 0.1) is 5.41 Å². The molecule has 0 saturated carbocycles. The standard InChI is InChI=1S/C71H94ClN17O14/c1-40(59(73)93)80-67(101)58-17-11-31-89(58)68(102)51(16-10-29-78-69(74)75)83-65(99)56(37-71(3,4)5)87-60(94)50(15-9-30-79-70(76)103)82-62(96)53(34-43-21-26-49(92)27-22-43)86-66(100)57(39-90)88-64(98)55(36-45-12-8-28-77-38-45)85-63(97)54(33-42-19-24-48(72)25-20-42)84-61(95)52(81-41(2)91)35-44-18-23-46-13-6-7-14-47(46)32-44/h6-8,12-14,18-28,32,38,40,50-58,90,92H,9-11,15-17,29-31,33-37,39H2,1-5H3,(H2,73,93)(H,80,101)(H,81,91)(H,82,96)(H,83,99)(H,84,95)(H,85,97)(H,86,100)(H,87,94)(H,88,98)(H4,74,75,78)(H3,76,79,103)/t40-,50-,51-,52-,53+,54-,55-,56?,57+,58+/m1/s1. The number of phenolic OH excluding ortho intramolecular Hbond substituents is 1. The van der Waals surface area contributed by atoms with Crippen LogP contribution in [0.2, 0.25) is 5.02 Å². The Morgan fingerprint density at radius 3 is 1.63 bits per heavy atom. The van der Waals surface area contributed by atoms with Crippen molar-refractivity contribution in [3.8, 4) is 5.75 Å². The third-order valence-corrected chi connectivity index (χ3v) is 17.0. The lowest BCUT2D eigenvalue weighted by Crippen LogP contribution is -2.61. The van der Waals surface area contributed by atoms with Gasteiger partial charge in [-0.3, -0.25) is 62.7 Å². The molecule has 1 unspecified atom stereocenters. The number of carbonyl (C=O) groups is 12. The van der Waals surface area contributed by atoms with Gasteiger partial charge < -0.3 is 91.2 Å². The zero-order valence-electron chi connectivity index (χ0n) is 58.2. The number of fused-ring (bicyclic) bond motifs is 1. The monoisotopic (exact) mass is 1440 g/mol. The van der Waals surface area contributed by atoms with Gasteiger partial charge in [0.15, 0.2) is 5.96 Å². The number of hydrogen-bond acceptors (Lipinski definition) is 16. The largest absolute Gasteiger partial charge is 0.508 e. The van der Waals surface area contributed by atoms with Gasteiger partial charge in [0.25, 0.3) is 0 Å². The minimum absolute atomic E-state index is 0.00508. The van der Waals surface area contributed by atoms with Crippen molar-refractivity contribution in [2.24, 2.45) is 33.3 Å². The van der Waals surface area contributed by atoms with Crippen LogP contribution in [-0.4, -0.2) is 184 Å². The SMILES string of the molecule is CC(=O)N[C@H](Cc1ccc2ccccc2c1)C(=O)N[C@H](Cc1ccc(Cl)cc1)C(=O)N[C@H](Cc1cccnc1)C(=O)N[C@@H](CO)C(=O)N[C@@H](Cc1ccc(O)cc1)C(=O)N[C@H](CCCNC(N)=O)C(=O)NC(CC(C)(C)C)C(=O)N[C@H](CCCN=C(N)N)C(=O)N1CCC[C@H]1C(=O)N[C@H](C)C(N)=O. The number of pyridine rings is 1. The fourth-order valence-corrected chi connectivity index (χ4v) is 11.6. The summed E-state index contributed by atoms with van der Waals surface area (Å²) in [6.07, 6.45) is 2.63. The summed E-state index contributed by atoms with van der Waals surface area (Å²) < 4.78 is 0. The first kappa shape index (κ1) is 81.0. The van der Waals surface area contributed by atoms with E-state index in [4.69, 9.17) is 34.5 Å². The number of aliphatic hydroxyl groups is 1. The quantitative estimate of drug-likeness (QED) is 0.0138. The second-order valence-corrected chi connectivity index (χ2v) is 26.9. The molecule has 554 valence electrons. The summed E-state index contributed by atoms with van der Waals surface area (Å²) in [5.74, 6) is -9.57. The number of urea groups is 1. The number of amides is 13. The molecule has 20 N–H and O–H groups in total. The van der Waals surface area contributed by atoms with Crippen LogP contribution < -0.4 is 76.1 Å². The molecule has 6 rings (SSSR count). The number of primary amides is 2. The van der Waals surface area contributed by atoms with Crippen LogP contribution in [0.1, 0.15) is 102 Å². The number of guanidine groups is 1.